The largest absolute Gasteiger partial charge is 0.455 e. The van der Waals surface area contributed by atoms with Gasteiger partial charge in [0.15, 0.2) is 17.5 Å². The summed E-state index contributed by atoms with van der Waals surface area (Å²) in [4.78, 5) is 15.7. The van der Waals surface area contributed by atoms with E-state index in [4.69, 9.17) is 19.4 Å². The molecule has 218 valence electrons. The van der Waals surface area contributed by atoms with E-state index in [9.17, 15) is 0 Å². The summed E-state index contributed by atoms with van der Waals surface area (Å²) in [6.07, 6.45) is 0. The van der Waals surface area contributed by atoms with Crippen LogP contribution in [0.1, 0.15) is 25.0 Å². The molecule has 9 rings (SSSR count). The number of hydrogen-bond donors (Lipinski definition) is 0. The second kappa shape index (κ2) is 10.1. The first-order valence-electron chi connectivity index (χ1n) is 15.6. The van der Waals surface area contributed by atoms with Crippen LogP contribution in [0.2, 0.25) is 0 Å². The number of fused-ring (bicyclic) bond motifs is 6. The maximum absolute atomic E-state index is 6.47. The highest BCUT2D eigenvalue weighted by Crippen LogP contribution is 2.52. The summed E-state index contributed by atoms with van der Waals surface area (Å²) in [7, 11) is 0. The van der Waals surface area contributed by atoms with Gasteiger partial charge in [-0.1, -0.05) is 141 Å². The van der Waals surface area contributed by atoms with E-state index in [0.29, 0.717) is 17.5 Å². The fourth-order valence-electron chi connectivity index (χ4n) is 7.24. The molecular formula is C42H29N3O. The van der Waals surface area contributed by atoms with Crippen molar-refractivity contribution >= 4 is 21.9 Å². The topological polar surface area (TPSA) is 51.8 Å². The van der Waals surface area contributed by atoms with Crippen molar-refractivity contribution in [1.82, 2.24) is 15.0 Å². The van der Waals surface area contributed by atoms with Crippen LogP contribution < -0.4 is 0 Å². The zero-order valence-corrected chi connectivity index (χ0v) is 25.5. The zero-order valence-electron chi connectivity index (χ0n) is 25.5. The van der Waals surface area contributed by atoms with Gasteiger partial charge >= 0.3 is 0 Å². The smallest absolute Gasteiger partial charge is 0.167 e. The van der Waals surface area contributed by atoms with Gasteiger partial charge in [0, 0.05) is 27.3 Å². The van der Waals surface area contributed by atoms with Gasteiger partial charge < -0.3 is 4.42 Å². The molecule has 2 aromatic heterocycles. The molecule has 46 heavy (non-hydrogen) atoms. The van der Waals surface area contributed by atoms with Crippen LogP contribution in [0.15, 0.2) is 144 Å². The Bertz CT molecular complexity index is 2460. The Labute approximate surface area is 267 Å². The summed E-state index contributed by atoms with van der Waals surface area (Å²) in [5.74, 6) is 1.85. The number of furan rings is 1. The van der Waals surface area contributed by atoms with Crippen LogP contribution in [0, 0.1) is 0 Å². The molecule has 0 atom stereocenters. The van der Waals surface area contributed by atoms with Gasteiger partial charge in [0.1, 0.15) is 11.2 Å². The molecule has 0 saturated carbocycles. The minimum atomic E-state index is -0.226. The van der Waals surface area contributed by atoms with Crippen molar-refractivity contribution in [3.8, 4) is 56.4 Å². The third-order valence-electron chi connectivity index (χ3n) is 9.35. The van der Waals surface area contributed by atoms with E-state index in [1.54, 1.807) is 0 Å². The highest BCUT2D eigenvalue weighted by Gasteiger charge is 2.38. The Morgan fingerprint density at radius 1 is 0.435 bits per heavy atom. The molecule has 4 nitrogen and oxygen atoms in total. The van der Waals surface area contributed by atoms with Crippen LogP contribution in [-0.4, -0.2) is 15.0 Å². The van der Waals surface area contributed by atoms with Crippen molar-refractivity contribution in [2.75, 3.05) is 0 Å². The van der Waals surface area contributed by atoms with E-state index in [1.165, 1.54) is 22.3 Å². The monoisotopic (exact) mass is 591 g/mol. The van der Waals surface area contributed by atoms with E-state index in [-0.39, 0.29) is 5.41 Å². The third-order valence-corrected chi connectivity index (χ3v) is 9.35. The molecule has 4 heteroatoms. The zero-order chi connectivity index (χ0) is 30.8. The number of rotatable bonds is 4. The molecule has 0 amide bonds. The molecule has 0 spiro atoms. The Hall–Kier alpha value is -5.87. The average molecular weight is 592 g/mol. The molecule has 0 saturated heterocycles. The number of nitrogens with zero attached hydrogens (tertiary/aromatic N) is 3. The summed E-state index contributed by atoms with van der Waals surface area (Å²) in [6, 6.07) is 48.3. The van der Waals surface area contributed by atoms with Crippen LogP contribution in [0.5, 0.6) is 0 Å². The molecule has 1 aliphatic rings. The van der Waals surface area contributed by atoms with Gasteiger partial charge in [0.25, 0.3) is 0 Å². The SMILES string of the molecule is CC1(C)c2ccccc2-c2cccc(-c3nc(-c4ccccc4-c4ccccc4)nc(-c4cccc5c4oc4ccccc45)n3)c21. The summed E-state index contributed by atoms with van der Waals surface area (Å²) in [6.45, 7) is 4.59. The second-order valence-electron chi connectivity index (χ2n) is 12.4. The lowest BCUT2D eigenvalue weighted by Gasteiger charge is -2.24. The molecular weight excluding hydrogens is 562 g/mol. The van der Waals surface area contributed by atoms with Gasteiger partial charge in [-0.05, 0) is 45.5 Å². The molecule has 6 aromatic carbocycles. The number of benzene rings is 6. The van der Waals surface area contributed by atoms with Crippen molar-refractivity contribution < 1.29 is 4.42 Å². The van der Waals surface area contributed by atoms with E-state index >= 15 is 0 Å². The molecule has 0 bridgehead atoms. The maximum Gasteiger partial charge on any atom is 0.167 e. The van der Waals surface area contributed by atoms with Gasteiger partial charge in [-0.15, -0.1) is 0 Å². The van der Waals surface area contributed by atoms with Crippen molar-refractivity contribution in [3.63, 3.8) is 0 Å². The standard InChI is InChI=1S/C42H29N3O/c1-42(2)35-24-10-8-17-28(35)30-20-12-22-33(37(30)42)40-43-39(32-19-7-6-16-27(32)26-14-4-3-5-15-26)44-41(45-40)34-23-13-21-31-29-18-9-11-25-36(29)46-38(31)34/h3-25H,1-2H3. The van der Waals surface area contributed by atoms with E-state index in [0.717, 1.165) is 49.8 Å². The molecule has 0 unspecified atom stereocenters. The third kappa shape index (κ3) is 3.97. The normalized spacial score (nSPS) is 13.2. The average Bonchev–Trinajstić information content (AvgIpc) is 3.61. The van der Waals surface area contributed by atoms with Crippen molar-refractivity contribution in [2.24, 2.45) is 0 Å². The number of hydrogen-bond acceptors (Lipinski definition) is 4. The van der Waals surface area contributed by atoms with Gasteiger partial charge in [0.05, 0.1) is 5.56 Å². The lowest BCUT2D eigenvalue weighted by Crippen LogP contribution is -2.17. The summed E-state index contributed by atoms with van der Waals surface area (Å²) in [5, 5.41) is 2.11. The van der Waals surface area contributed by atoms with Crippen molar-refractivity contribution in [3.05, 3.63) is 151 Å². The summed E-state index contributed by atoms with van der Waals surface area (Å²) in [5.41, 5.74) is 11.4. The van der Waals surface area contributed by atoms with Crippen LogP contribution in [-0.2, 0) is 5.41 Å². The first-order valence-corrected chi connectivity index (χ1v) is 15.6. The Morgan fingerprint density at radius 2 is 0.978 bits per heavy atom. The van der Waals surface area contributed by atoms with Crippen molar-refractivity contribution in [1.29, 1.82) is 0 Å². The molecule has 1 aliphatic carbocycles. The first kappa shape index (κ1) is 26.5. The molecule has 2 heterocycles. The van der Waals surface area contributed by atoms with Crippen LogP contribution >= 0.6 is 0 Å². The quantitative estimate of drug-likeness (QED) is 0.204. The Morgan fingerprint density at radius 3 is 1.80 bits per heavy atom. The van der Waals surface area contributed by atoms with Gasteiger partial charge in [-0.2, -0.15) is 0 Å². The molecule has 0 aliphatic heterocycles. The van der Waals surface area contributed by atoms with Crippen LogP contribution in [0.4, 0.5) is 0 Å². The lowest BCUT2D eigenvalue weighted by molar-refractivity contribution is 0.661. The maximum atomic E-state index is 6.47. The second-order valence-corrected chi connectivity index (χ2v) is 12.4. The van der Waals surface area contributed by atoms with Gasteiger partial charge in [-0.25, -0.2) is 15.0 Å². The molecule has 8 aromatic rings. The summed E-state index contributed by atoms with van der Waals surface area (Å²) >= 11 is 0. The van der Waals surface area contributed by atoms with E-state index in [2.05, 4.69) is 117 Å². The number of aromatic nitrogens is 3. The predicted molar refractivity (Wildman–Crippen MR) is 186 cm³/mol. The van der Waals surface area contributed by atoms with Gasteiger partial charge in [0.2, 0.25) is 0 Å². The highest BCUT2D eigenvalue weighted by molar-refractivity contribution is 6.09. The van der Waals surface area contributed by atoms with Crippen LogP contribution in [0.25, 0.3) is 78.4 Å². The Kier molecular flexibility index (Phi) is 5.81. The minimum Gasteiger partial charge on any atom is -0.455 e. The molecule has 0 N–H and O–H groups in total. The van der Waals surface area contributed by atoms with Gasteiger partial charge in [-0.3, -0.25) is 0 Å². The lowest BCUT2D eigenvalue weighted by atomic mass is 9.80. The van der Waals surface area contributed by atoms with Crippen molar-refractivity contribution in [2.45, 2.75) is 19.3 Å². The van der Waals surface area contributed by atoms with E-state index in [1.807, 2.05) is 36.4 Å². The fraction of sp³-hybridized carbons (Fsp3) is 0.0714. The number of para-hydroxylation sites is 2. The first-order chi connectivity index (χ1) is 22.6. The fourth-order valence-corrected chi connectivity index (χ4v) is 7.24. The summed E-state index contributed by atoms with van der Waals surface area (Å²) < 4.78 is 6.47. The van der Waals surface area contributed by atoms with E-state index < -0.39 is 0 Å². The molecule has 0 radical (unpaired) electrons. The van der Waals surface area contributed by atoms with Crippen LogP contribution in [0.3, 0.4) is 0 Å². The Balaban J connectivity index is 1.34. The highest BCUT2D eigenvalue weighted by atomic mass is 16.3. The predicted octanol–water partition coefficient (Wildman–Crippen LogP) is 10.7. The molecule has 0 fully saturated rings. The minimum absolute atomic E-state index is 0.226.